The zero-order valence-electron chi connectivity index (χ0n) is 12.5. The minimum Gasteiger partial charge on any atom is -0.414 e. The number of nitrogens with two attached hydrogens (primary N) is 1. The molecule has 0 aliphatic rings. The van der Waals surface area contributed by atoms with Crippen LogP contribution in [-0.4, -0.2) is 33.9 Å². The van der Waals surface area contributed by atoms with Gasteiger partial charge in [-0.3, -0.25) is 4.79 Å². The Kier molecular flexibility index (Phi) is 7.22. The Morgan fingerprint density at radius 3 is 3.04 bits per heavy atom. The maximum absolute atomic E-state index is 11.9. The van der Waals surface area contributed by atoms with Gasteiger partial charge in [-0.1, -0.05) is 29.4 Å². The Labute approximate surface area is 147 Å². The number of amides is 1. The first-order valence-corrected chi connectivity index (χ1v) is 9.60. The van der Waals surface area contributed by atoms with Crippen molar-refractivity contribution in [2.24, 2.45) is 5.73 Å². The van der Waals surface area contributed by atoms with E-state index in [-0.39, 0.29) is 17.7 Å². The van der Waals surface area contributed by atoms with Gasteiger partial charge < -0.3 is 15.5 Å². The maximum atomic E-state index is 11.9. The molecule has 2 rings (SSSR count). The number of carbonyl (C=O) groups is 1. The van der Waals surface area contributed by atoms with Gasteiger partial charge in [0.25, 0.3) is 5.22 Å². The van der Waals surface area contributed by atoms with Crippen LogP contribution in [-0.2, 0) is 4.79 Å². The van der Waals surface area contributed by atoms with Crippen molar-refractivity contribution in [3.63, 3.8) is 0 Å². The van der Waals surface area contributed by atoms with E-state index in [1.807, 2.05) is 6.26 Å². The van der Waals surface area contributed by atoms with Crippen LogP contribution in [0.5, 0.6) is 0 Å². The lowest BCUT2D eigenvalue weighted by Gasteiger charge is -2.05. The molecule has 124 valence electrons. The normalized spacial score (nSPS) is 12.1. The summed E-state index contributed by atoms with van der Waals surface area (Å²) in [6.45, 7) is 0. The van der Waals surface area contributed by atoms with E-state index in [2.05, 4.69) is 15.5 Å². The van der Waals surface area contributed by atoms with Gasteiger partial charge in [-0.15, -0.1) is 10.2 Å². The van der Waals surface area contributed by atoms with Crippen molar-refractivity contribution in [2.45, 2.75) is 17.7 Å². The van der Waals surface area contributed by atoms with Crippen molar-refractivity contribution in [3.8, 4) is 0 Å². The molecule has 0 aliphatic carbocycles. The molecule has 1 aromatic heterocycles. The van der Waals surface area contributed by atoms with E-state index in [1.54, 1.807) is 36.0 Å². The van der Waals surface area contributed by atoms with E-state index >= 15 is 0 Å². The van der Waals surface area contributed by atoms with Crippen LogP contribution in [0.4, 0.5) is 5.69 Å². The molecule has 1 aromatic carbocycles. The van der Waals surface area contributed by atoms with Crippen LogP contribution in [0.1, 0.15) is 18.4 Å². The molecule has 0 saturated heterocycles. The number of hydrogen-bond acceptors (Lipinski definition) is 7. The molecule has 23 heavy (non-hydrogen) atoms. The van der Waals surface area contributed by atoms with E-state index < -0.39 is 0 Å². The van der Waals surface area contributed by atoms with Gasteiger partial charge in [0, 0.05) is 10.7 Å². The molecule has 0 saturated carbocycles. The molecule has 9 heteroatoms. The highest BCUT2D eigenvalue weighted by molar-refractivity contribution is 7.99. The van der Waals surface area contributed by atoms with Gasteiger partial charge in [-0.05, 0) is 36.6 Å². The molecule has 0 spiro atoms. The zero-order valence-corrected chi connectivity index (χ0v) is 14.9. The third-order valence-electron chi connectivity index (χ3n) is 2.81. The number of aromatic nitrogens is 2. The number of carbonyl (C=O) groups excluding carboxylic acids is 1. The number of nitrogens with zero attached hydrogens (tertiary/aromatic N) is 2. The number of thioether (sulfide) groups is 2. The highest BCUT2D eigenvalue weighted by Gasteiger charge is 2.15. The Balaban J connectivity index is 1.81. The first-order valence-electron chi connectivity index (χ1n) is 6.84. The Morgan fingerprint density at radius 2 is 2.30 bits per heavy atom. The van der Waals surface area contributed by atoms with Gasteiger partial charge in [0.15, 0.2) is 0 Å². The van der Waals surface area contributed by atoms with E-state index in [9.17, 15) is 4.79 Å². The highest BCUT2D eigenvalue weighted by atomic mass is 35.5. The van der Waals surface area contributed by atoms with Crippen LogP contribution >= 0.6 is 35.1 Å². The largest absolute Gasteiger partial charge is 0.414 e. The predicted molar refractivity (Wildman–Crippen MR) is 95.0 cm³/mol. The Hall–Kier alpha value is -1.22. The SMILES string of the molecule is CSCCC(N)c1nnc(SCC(=O)Nc2cccc(Cl)c2)o1. The smallest absolute Gasteiger partial charge is 0.277 e. The minimum absolute atomic E-state index is 0.161. The number of halogens is 1. The van der Waals surface area contributed by atoms with Crippen molar-refractivity contribution in [1.29, 1.82) is 0 Å². The summed E-state index contributed by atoms with van der Waals surface area (Å²) in [5.74, 6) is 1.31. The summed E-state index contributed by atoms with van der Waals surface area (Å²) in [7, 11) is 0. The summed E-state index contributed by atoms with van der Waals surface area (Å²) in [6.07, 6.45) is 2.78. The molecule has 2 aromatic rings. The molecule has 1 amide bonds. The van der Waals surface area contributed by atoms with Crippen LogP contribution in [0.15, 0.2) is 33.9 Å². The van der Waals surface area contributed by atoms with Crippen LogP contribution in [0.3, 0.4) is 0 Å². The van der Waals surface area contributed by atoms with Crippen molar-refractivity contribution in [3.05, 3.63) is 35.2 Å². The molecule has 0 aliphatic heterocycles. The maximum Gasteiger partial charge on any atom is 0.277 e. The summed E-state index contributed by atoms with van der Waals surface area (Å²) in [6, 6.07) is 6.69. The molecule has 1 heterocycles. The van der Waals surface area contributed by atoms with Crippen LogP contribution in [0.2, 0.25) is 5.02 Å². The van der Waals surface area contributed by atoms with Gasteiger partial charge in [0.1, 0.15) is 0 Å². The average molecular weight is 373 g/mol. The standard InChI is InChI=1S/C14H17ClN4O2S2/c1-22-6-5-11(16)13-18-19-14(21-13)23-8-12(20)17-10-4-2-3-9(15)7-10/h2-4,7,11H,5-6,8,16H2,1H3,(H,17,20). The molecular weight excluding hydrogens is 356 g/mol. The molecule has 0 bridgehead atoms. The Morgan fingerprint density at radius 1 is 1.48 bits per heavy atom. The first-order chi connectivity index (χ1) is 11.1. The fourth-order valence-electron chi connectivity index (χ4n) is 1.69. The third kappa shape index (κ3) is 6.06. The highest BCUT2D eigenvalue weighted by Crippen LogP contribution is 2.21. The number of hydrogen-bond donors (Lipinski definition) is 2. The lowest BCUT2D eigenvalue weighted by molar-refractivity contribution is -0.113. The Bertz CT molecular complexity index is 653. The van der Waals surface area contributed by atoms with Crippen LogP contribution in [0, 0.1) is 0 Å². The van der Waals surface area contributed by atoms with Gasteiger partial charge >= 0.3 is 0 Å². The molecule has 6 nitrogen and oxygen atoms in total. The molecule has 0 radical (unpaired) electrons. The first kappa shape index (κ1) is 18.1. The number of rotatable bonds is 8. The van der Waals surface area contributed by atoms with Gasteiger partial charge in [-0.2, -0.15) is 11.8 Å². The lowest BCUT2D eigenvalue weighted by Crippen LogP contribution is -2.13. The molecule has 1 atom stereocenters. The van der Waals surface area contributed by atoms with Crippen molar-refractivity contribution in [1.82, 2.24) is 10.2 Å². The summed E-state index contributed by atoms with van der Waals surface area (Å²) in [4.78, 5) is 11.9. The monoisotopic (exact) mass is 372 g/mol. The van der Waals surface area contributed by atoms with Gasteiger partial charge in [0.05, 0.1) is 11.8 Å². The lowest BCUT2D eigenvalue weighted by atomic mass is 10.2. The topological polar surface area (TPSA) is 94.0 Å². The van der Waals surface area contributed by atoms with Crippen LogP contribution < -0.4 is 11.1 Å². The zero-order chi connectivity index (χ0) is 16.7. The van der Waals surface area contributed by atoms with Crippen molar-refractivity contribution >= 4 is 46.7 Å². The fourth-order valence-corrected chi connectivity index (χ4v) is 2.94. The van der Waals surface area contributed by atoms with Crippen LogP contribution in [0.25, 0.3) is 0 Å². The predicted octanol–water partition coefficient (Wildman–Crippen LogP) is 3.21. The van der Waals surface area contributed by atoms with Crippen molar-refractivity contribution in [2.75, 3.05) is 23.1 Å². The molecule has 0 fully saturated rings. The summed E-state index contributed by atoms with van der Waals surface area (Å²) < 4.78 is 5.47. The second-order valence-corrected chi connectivity index (χ2v) is 6.99. The summed E-state index contributed by atoms with van der Waals surface area (Å²) in [5.41, 5.74) is 6.60. The molecule has 3 N–H and O–H groups in total. The fraction of sp³-hybridized carbons (Fsp3) is 0.357. The van der Waals surface area contributed by atoms with E-state index in [0.29, 0.717) is 21.8 Å². The quantitative estimate of drug-likeness (QED) is 0.687. The van der Waals surface area contributed by atoms with E-state index in [4.69, 9.17) is 21.8 Å². The van der Waals surface area contributed by atoms with Gasteiger partial charge in [0.2, 0.25) is 11.8 Å². The van der Waals surface area contributed by atoms with E-state index in [0.717, 1.165) is 12.2 Å². The van der Waals surface area contributed by atoms with E-state index in [1.165, 1.54) is 11.8 Å². The number of benzene rings is 1. The average Bonchev–Trinajstić information content (AvgIpc) is 3.00. The second kappa shape index (κ2) is 9.17. The molecule has 1 unspecified atom stereocenters. The third-order valence-corrected chi connectivity index (χ3v) is 4.50. The van der Waals surface area contributed by atoms with Gasteiger partial charge in [-0.25, -0.2) is 0 Å². The molecular formula is C14H17ClN4O2S2. The number of nitrogens with one attached hydrogen (secondary N) is 1. The summed E-state index contributed by atoms with van der Waals surface area (Å²) in [5, 5.41) is 11.5. The van der Waals surface area contributed by atoms with Crippen molar-refractivity contribution < 1.29 is 9.21 Å². The number of anilines is 1. The second-order valence-electron chi connectivity index (χ2n) is 4.64. The minimum atomic E-state index is -0.274. The summed E-state index contributed by atoms with van der Waals surface area (Å²) >= 11 is 8.74.